The van der Waals surface area contributed by atoms with E-state index in [9.17, 15) is 4.79 Å². The van der Waals surface area contributed by atoms with E-state index in [0.29, 0.717) is 0 Å². The van der Waals surface area contributed by atoms with Gasteiger partial charge in [0.2, 0.25) is 0 Å². The number of carbonyl (C=O) groups excluding carboxylic acids is 1. The van der Waals surface area contributed by atoms with Crippen molar-refractivity contribution in [1.82, 2.24) is 0 Å². The summed E-state index contributed by atoms with van der Waals surface area (Å²) >= 11 is 0. The average molecular weight is 200 g/mol. The Labute approximate surface area is 90.7 Å². The third-order valence-electron chi connectivity index (χ3n) is 2.01. The van der Waals surface area contributed by atoms with Crippen LogP contribution in [0, 0.1) is 6.92 Å². The quantitative estimate of drug-likeness (QED) is 0.633. The molecule has 2 aromatic rings. The van der Waals surface area contributed by atoms with Crippen molar-refractivity contribution in [2.24, 2.45) is 0 Å². The summed E-state index contributed by atoms with van der Waals surface area (Å²) in [4.78, 5) is 9.44. The van der Waals surface area contributed by atoms with E-state index in [4.69, 9.17) is 0 Å². The Morgan fingerprint density at radius 1 is 0.933 bits per heavy atom. The van der Waals surface area contributed by atoms with Gasteiger partial charge in [-0.25, -0.2) is 0 Å². The van der Waals surface area contributed by atoms with Gasteiger partial charge < -0.3 is 4.79 Å². The van der Waals surface area contributed by atoms with Crippen molar-refractivity contribution < 1.29 is 4.79 Å². The smallest absolute Gasteiger partial charge is 0.126 e. The second kappa shape index (κ2) is 5.30. The zero-order chi connectivity index (χ0) is 11.3. The van der Waals surface area contributed by atoms with Crippen molar-refractivity contribution in [3.63, 3.8) is 0 Å². The average Bonchev–Trinajstić information content (AvgIpc) is 2.18. The van der Waals surface area contributed by atoms with E-state index in [-0.39, 0.29) is 5.78 Å². The predicted molar refractivity (Wildman–Crippen MR) is 65.0 cm³/mol. The molecule has 0 spiro atoms. The Balaban J connectivity index is 0.000000245. The van der Waals surface area contributed by atoms with Gasteiger partial charge in [0.25, 0.3) is 0 Å². The molecule has 0 amide bonds. The third-order valence-corrected chi connectivity index (χ3v) is 2.01. The molecule has 0 unspecified atom stereocenters. The molecule has 1 heteroatoms. The molecule has 2 rings (SSSR count). The number of rotatable bonds is 0. The molecule has 78 valence electrons. The van der Waals surface area contributed by atoms with E-state index in [2.05, 4.69) is 49.4 Å². The van der Waals surface area contributed by atoms with Crippen molar-refractivity contribution in [2.75, 3.05) is 0 Å². The molecule has 0 aliphatic heterocycles. The number of fused-ring (bicyclic) bond motifs is 1. The van der Waals surface area contributed by atoms with Crippen LogP contribution < -0.4 is 0 Å². The molecule has 1 nitrogen and oxygen atoms in total. The Hall–Kier alpha value is -1.63. The van der Waals surface area contributed by atoms with Gasteiger partial charge in [-0.2, -0.15) is 0 Å². The molecule has 0 saturated carbocycles. The monoisotopic (exact) mass is 200 g/mol. The SMILES string of the molecule is CC(C)=O.Cc1cccc2ccccc12. The molecule has 0 atom stereocenters. The maximum Gasteiger partial charge on any atom is 0.126 e. The lowest BCUT2D eigenvalue weighted by Crippen LogP contribution is -1.75. The molecule has 0 fully saturated rings. The van der Waals surface area contributed by atoms with Gasteiger partial charge in [-0.1, -0.05) is 42.5 Å². The Bertz CT molecular complexity index is 448. The first-order valence-corrected chi connectivity index (χ1v) is 5.03. The lowest BCUT2D eigenvalue weighted by molar-refractivity contribution is -0.114. The van der Waals surface area contributed by atoms with Gasteiger partial charge in [-0.05, 0) is 37.1 Å². The van der Waals surface area contributed by atoms with Gasteiger partial charge in [-0.3, -0.25) is 0 Å². The fourth-order valence-corrected chi connectivity index (χ4v) is 1.39. The van der Waals surface area contributed by atoms with E-state index in [1.54, 1.807) is 0 Å². The van der Waals surface area contributed by atoms with Gasteiger partial charge in [0.15, 0.2) is 0 Å². The number of benzene rings is 2. The van der Waals surface area contributed by atoms with Crippen LogP contribution in [0.1, 0.15) is 19.4 Å². The van der Waals surface area contributed by atoms with Crippen LogP contribution in [0.4, 0.5) is 0 Å². The molecular formula is C14H16O. The summed E-state index contributed by atoms with van der Waals surface area (Å²) in [6, 6.07) is 14.8. The van der Waals surface area contributed by atoms with Gasteiger partial charge in [0, 0.05) is 0 Å². The Kier molecular flexibility index (Phi) is 4.04. The van der Waals surface area contributed by atoms with Crippen molar-refractivity contribution in [1.29, 1.82) is 0 Å². The summed E-state index contributed by atoms with van der Waals surface area (Å²) in [5, 5.41) is 2.68. The predicted octanol–water partition coefficient (Wildman–Crippen LogP) is 3.74. The zero-order valence-electron chi connectivity index (χ0n) is 9.45. The molecule has 0 heterocycles. The second-order valence-electron chi connectivity index (χ2n) is 3.70. The summed E-state index contributed by atoms with van der Waals surface area (Å²) in [5.41, 5.74) is 1.35. The molecule has 0 N–H and O–H groups in total. The number of ketones is 1. The van der Waals surface area contributed by atoms with Crippen LogP contribution >= 0.6 is 0 Å². The maximum absolute atomic E-state index is 9.44. The van der Waals surface area contributed by atoms with Gasteiger partial charge >= 0.3 is 0 Å². The van der Waals surface area contributed by atoms with Crippen LogP contribution in [-0.2, 0) is 4.79 Å². The van der Waals surface area contributed by atoms with E-state index >= 15 is 0 Å². The largest absolute Gasteiger partial charge is 0.300 e. The lowest BCUT2D eigenvalue weighted by Gasteiger charge is -1.98. The van der Waals surface area contributed by atoms with Crippen molar-refractivity contribution in [3.05, 3.63) is 48.0 Å². The van der Waals surface area contributed by atoms with Crippen LogP contribution in [0.15, 0.2) is 42.5 Å². The minimum absolute atomic E-state index is 0.167. The highest BCUT2D eigenvalue weighted by atomic mass is 16.1. The van der Waals surface area contributed by atoms with E-state index < -0.39 is 0 Å². The molecule has 0 aromatic heterocycles. The first-order chi connectivity index (χ1) is 7.11. The van der Waals surface area contributed by atoms with E-state index in [1.807, 2.05) is 0 Å². The van der Waals surface area contributed by atoms with Gasteiger partial charge in [0.05, 0.1) is 0 Å². The first-order valence-electron chi connectivity index (χ1n) is 5.03. The van der Waals surface area contributed by atoms with Crippen LogP contribution in [0.25, 0.3) is 10.8 Å². The van der Waals surface area contributed by atoms with E-state index in [0.717, 1.165) is 0 Å². The van der Waals surface area contributed by atoms with Gasteiger partial charge in [-0.15, -0.1) is 0 Å². The molecule has 0 aliphatic rings. The Morgan fingerprint density at radius 2 is 1.47 bits per heavy atom. The normalized spacial score (nSPS) is 9.27. The minimum Gasteiger partial charge on any atom is -0.300 e. The minimum atomic E-state index is 0.167. The summed E-state index contributed by atoms with van der Waals surface area (Å²) in [6.07, 6.45) is 0. The number of hydrogen-bond donors (Lipinski definition) is 0. The summed E-state index contributed by atoms with van der Waals surface area (Å²) in [6.45, 7) is 5.20. The van der Waals surface area contributed by atoms with Crippen LogP contribution in [0.5, 0.6) is 0 Å². The van der Waals surface area contributed by atoms with Crippen LogP contribution in [-0.4, -0.2) is 5.78 Å². The molecule has 0 saturated heterocycles. The van der Waals surface area contributed by atoms with Crippen molar-refractivity contribution in [2.45, 2.75) is 20.8 Å². The van der Waals surface area contributed by atoms with Crippen LogP contribution in [0.2, 0.25) is 0 Å². The second-order valence-corrected chi connectivity index (χ2v) is 3.70. The van der Waals surface area contributed by atoms with Crippen molar-refractivity contribution >= 4 is 16.6 Å². The van der Waals surface area contributed by atoms with E-state index in [1.165, 1.54) is 30.2 Å². The maximum atomic E-state index is 9.44. The number of Topliss-reactive ketones (excluding diaryl/α,β-unsaturated/α-hetero) is 1. The highest BCUT2D eigenvalue weighted by Crippen LogP contribution is 2.16. The molecule has 15 heavy (non-hydrogen) atoms. The number of carbonyl (C=O) groups is 1. The third kappa shape index (κ3) is 3.55. The van der Waals surface area contributed by atoms with Gasteiger partial charge in [0.1, 0.15) is 5.78 Å². The fourth-order valence-electron chi connectivity index (χ4n) is 1.39. The molecular weight excluding hydrogens is 184 g/mol. The summed E-state index contributed by atoms with van der Waals surface area (Å²) in [7, 11) is 0. The molecule has 0 bridgehead atoms. The van der Waals surface area contributed by atoms with Crippen LogP contribution in [0.3, 0.4) is 0 Å². The first kappa shape index (κ1) is 11.4. The highest BCUT2D eigenvalue weighted by Gasteiger charge is 1.92. The summed E-state index contributed by atoms with van der Waals surface area (Å²) < 4.78 is 0. The highest BCUT2D eigenvalue weighted by molar-refractivity contribution is 5.85. The standard InChI is InChI=1S/C11H10.C3H6O/c1-9-5-4-7-10-6-2-3-8-11(9)10;1-3(2)4/h2-8H,1H3;1-2H3. The zero-order valence-corrected chi connectivity index (χ0v) is 9.45. The summed E-state index contributed by atoms with van der Waals surface area (Å²) in [5.74, 6) is 0.167. The molecule has 0 aliphatic carbocycles. The number of aryl methyl sites for hydroxylation is 1. The Morgan fingerprint density at radius 3 is 2.07 bits per heavy atom. The topological polar surface area (TPSA) is 17.1 Å². The lowest BCUT2D eigenvalue weighted by atomic mass is 10.1. The fraction of sp³-hybridized carbons (Fsp3) is 0.214. The van der Waals surface area contributed by atoms with Crippen molar-refractivity contribution in [3.8, 4) is 0 Å². The molecule has 0 radical (unpaired) electrons. The molecule has 2 aromatic carbocycles. The number of hydrogen-bond acceptors (Lipinski definition) is 1.